The summed E-state index contributed by atoms with van der Waals surface area (Å²) in [6.45, 7) is -0.927. The summed E-state index contributed by atoms with van der Waals surface area (Å²) < 4.78 is 145. The average Bonchev–Trinajstić information content (AvgIpc) is 2.63. The molecule has 0 aromatic heterocycles. The van der Waals surface area contributed by atoms with Gasteiger partial charge in [-0.1, -0.05) is 6.58 Å². The van der Waals surface area contributed by atoms with Crippen molar-refractivity contribution in [2.45, 2.75) is 29.8 Å². The number of alkyl halides is 8. The molecule has 0 radical (unpaired) electrons. The second kappa shape index (κ2) is 9.44. The fraction of sp³-hybridized carbons (Fsp3) is 0.714. The smallest absolute Gasteiger partial charge is 0.466 e. The first kappa shape index (κ1) is 28.0. The van der Waals surface area contributed by atoms with Crippen molar-refractivity contribution in [3.63, 3.8) is 0 Å². The Bertz CT molecular complexity index is 837. The molecular formula is C14H15F8N2O7S-. The molecule has 1 saturated heterocycles. The van der Waals surface area contributed by atoms with Gasteiger partial charge in [-0.3, -0.25) is 4.79 Å². The van der Waals surface area contributed by atoms with Crippen molar-refractivity contribution in [2.75, 3.05) is 32.8 Å². The third-order valence-corrected chi connectivity index (χ3v) is 4.88. The summed E-state index contributed by atoms with van der Waals surface area (Å²) >= 11 is 0. The Morgan fingerprint density at radius 3 is 1.94 bits per heavy atom. The van der Waals surface area contributed by atoms with Gasteiger partial charge in [0.05, 0.1) is 6.61 Å². The number of carbonyl (C=O) groups is 2. The number of esters is 1. The van der Waals surface area contributed by atoms with Crippen LogP contribution in [0.3, 0.4) is 0 Å². The molecule has 18 heteroatoms. The fourth-order valence-corrected chi connectivity index (χ4v) is 2.55. The molecule has 0 bridgehead atoms. The molecule has 1 N–H and O–H groups in total. The Morgan fingerprint density at radius 2 is 1.53 bits per heavy atom. The quantitative estimate of drug-likeness (QED) is 0.169. The second-order valence-corrected chi connectivity index (χ2v) is 7.72. The zero-order chi connectivity index (χ0) is 25.2. The number of hydrogen-bond donors (Lipinski definition) is 1. The summed E-state index contributed by atoms with van der Waals surface area (Å²) in [5.74, 6) is -9.93. The average molecular weight is 507 g/mol. The lowest BCUT2D eigenvalue weighted by Gasteiger charge is -2.38. The normalized spacial score (nSPS) is 18.1. The molecule has 0 spiro atoms. The van der Waals surface area contributed by atoms with Gasteiger partial charge in [0, 0.05) is 32.6 Å². The lowest BCUT2D eigenvalue weighted by molar-refractivity contribution is -0.352. The molecule has 32 heavy (non-hydrogen) atoms. The molecule has 1 rings (SSSR count). The van der Waals surface area contributed by atoms with E-state index in [-0.39, 0.29) is 13.1 Å². The summed E-state index contributed by atoms with van der Waals surface area (Å²) in [5.41, 5.74) is -2.48. The zero-order valence-electron chi connectivity index (χ0n) is 15.7. The first-order chi connectivity index (χ1) is 14.3. The van der Waals surface area contributed by atoms with E-state index in [1.165, 1.54) is 0 Å². The van der Waals surface area contributed by atoms with E-state index in [0.29, 0.717) is 4.90 Å². The van der Waals surface area contributed by atoms with Gasteiger partial charge in [0.1, 0.15) is 5.57 Å². The molecule has 1 atom stereocenters. The summed E-state index contributed by atoms with van der Waals surface area (Å²) in [4.78, 5) is 24.6. The number of hydrogen-bond acceptors (Lipinski definition) is 8. The van der Waals surface area contributed by atoms with E-state index >= 15 is 0 Å². The maximum atomic E-state index is 13.8. The van der Waals surface area contributed by atoms with Crippen molar-refractivity contribution in [3.8, 4) is 0 Å². The molecule has 186 valence electrons. The Balaban J connectivity index is 3.38. The van der Waals surface area contributed by atoms with Gasteiger partial charge in [-0.2, -0.15) is 35.1 Å². The van der Waals surface area contributed by atoms with Crippen molar-refractivity contribution in [1.82, 2.24) is 10.2 Å². The molecule has 0 aromatic carbocycles. The lowest BCUT2D eigenvalue weighted by atomic mass is 10.2. The van der Waals surface area contributed by atoms with Crippen LogP contribution in [0, 0.1) is 0 Å². The van der Waals surface area contributed by atoms with E-state index < -0.39 is 77.1 Å². The van der Waals surface area contributed by atoms with Crippen LogP contribution in [-0.4, -0.2) is 85.9 Å². The predicted molar refractivity (Wildman–Crippen MR) is 84.7 cm³/mol. The molecule has 9 nitrogen and oxygen atoms in total. The Labute approximate surface area is 175 Å². The number of halogens is 8. The van der Waals surface area contributed by atoms with Crippen molar-refractivity contribution in [3.05, 3.63) is 12.2 Å². The minimum Gasteiger partial charge on any atom is -0.743 e. The molecule has 0 aliphatic carbocycles. The highest BCUT2D eigenvalue weighted by molar-refractivity contribution is 7.86. The van der Waals surface area contributed by atoms with E-state index in [1.807, 2.05) is 0 Å². The zero-order valence-corrected chi connectivity index (χ0v) is 16.5. The van der Waals surface area contributed by atoms with Gasteiger partial charge >= 0.3 is 35.3 Å². The van der Waals surface area contributed by atoms with Crippen LogP contribution in [0.15, 0.2) is 12.2 Å². The van der Waals surface area contributed by atoms with Gasteiger partial charge in [-0.25, -0.2) is 13.2 Å². The Kier molecular flexibility index (Phi) is 8.25. The number of nitrogens with one attached hydrogen (secondary N) is 1. The predicted octanol–water partition coefficient (Wildman–Crippen LogP) is 0.883. The van der Waals surface area contributed by atoms with Gasteiger partial charge < -0.3 is 24.2 Å². The van der Waals surface area contributed by atoms with Crippen molar-refractivity contribution < 1.29 is 67.2 Å². The van der Waals surface area contributed by atoms with Gasteiger partial charge in [0.15, 0.2) is 10.1 Å². The second-order valence-electron chi connectivity index (χ2n) is 6.21. The van der Waals surface area contributed by atoms with Crippen LogP contribution in [0.4, 0.5) is 35.1 Å². The van der Waals surface area contributed by atoms with Crippen LogP contribution >= 0.6 is 0 Å². The summed E-state index contributed by atoms with van der Waals surface area (Å²) in [6.07, 6.45) is -13.9. The molecule has 1 fully saturated rings. The van der Waals surface area contributed by atoms with Crippen molar-refractivity contribution in [2.24, 2.45) is 0 Å². The van der Waals surface area contributed by atoms with Crippen molar-refractivity contribution >= 4 is 22.0 Å². The summed E-state index contributed by atoms with van der Waals surface area (Å²) in [7, 11) is -6.37. The maximum absolute atomic E-state index is 13.8. The molecule has 1 unspecified atom stereocenters. The van der Waals surface area contributed by atoms with E-state index in [4.69, 9.17) is 0 Å². The van der Waals surface area contributed by atoms with Crippen LogP contribution in [-0.2, 0) is 29.2 Å². The summed E-state index contributed by atoms with van der Waals surface area (Å²) in [5, 5.41) is -2.53. The molecule has 0 aromatic rings. The van der Waals surface area contributed by atoms with E-state index in [9.17, 15) is 57.7 Å². The molecular weight excluding hydrogens is 492 g/mol. The minimum atomic E-state index is -6.37. The standard InChI is InChI=1S/C14H16F8N2O7S/c1-8(13(17,18)19)9(25)31-12(14(20,21)22,10(26)24-5-3-23-4-6-24)30-7-2-11(15,16)32(27,28)29/h23H,1-7H2,(H,27,28,29)/p-1. The number of ether oxygens (including phenoxy) is 2. The molecule has 1 heterocycles. The highest BCUT2D eigenvalue weighted by Gasteiger charge is 2.68. The van der Waals surface area contributed by atoms with Gasteiger partial charge in [0.2, 0.25) is 0 Å². The number of piperazine rings is 1. The van der Waals surface area contributed by atoms with Crippen LogP contribution in [0.25, 0.3) is 0 Å². The fourth-order valence-electron chi connectivity index (χ4n) is 2.22. The van der Waals surface area contributed by atoms with Crippen LogP contribution in [0.5, 0.6) is 0 Å². The number of amides is 1. The van der Waals surface area contributed by atoms with Crippen LogP contribution in [0.2, 0.25) is 0 Å². The molecule has 1 amide bonds. The molecule has 0 saturated carbocycles. The number of carbonyl (C=O) groups excluding carboxylic acids is 2. The Morgan fingerprint density at radius 1 is 1.03 bits per heavy atom. The van der Waals surface area contributed by atoms with E-state index in [0.717, 1.165) is 0 Å². The van der Waals surface area contributed by atoms with E-state index in [1.54, 1.807) is 0 Å². The minimum absolute atomic E-state index is 0.0879. The molecule has 1 aliphatic heterocycles. The van der Waals surface area contributed by atoms with Crippen LogP contribution < -0.4 is 5.32 Å². The largest absolute Gasteiger partial charge is 0.743 e. The monoisotopic (exact) mass is 507 g/mol. The Hall–Kier alpha value is -2.05. The first-order valence-electron chi connectivity index (χ1n) is 8.30. The number of nitrogens with zero attached hydrogens (tertiary/aromatic N) is 1. The topological polar surface area (TPSA) is 125 Å². The van der Waals surface area contributed by atoms with Gasteiger partial charge in [-0.15, -0.1) is 0 Å². The third kappa shape index (κ3) is 6.26. The van der Waals surface area contributed by atoms with E-state index in [2.05, 4.69) is 21.4 Å². The van der Waals surface area contributed by atoms with Crippen molar-refractivity contribution in [1.29, 1.82) is 0 Å². The third-order valence-electron chi connectivity index (χ3n) is 3.95. The SMILES string of the molecule is C=C(C(=O)OC(OCCC(F)(F)S(=O)(=O)[O-])(C(=O)N1CCNCC1)C(F)(F)F)C(F)(F)F. The number of rotatable bonds is 8. The molecule has 1 aliphatic rings. The summed E-state index contributed by atoms with van der Waals surface area (Å²) in [6, 6.07) is 0. The van der Waals surface area contributed by atoms with Crippen LogP contribution in [0.1, 0.15) is 6.42 Å². The maximum Gasteiger partial charge on any atom is 0.466 e. The van der Waals surface area contributed by atoms with Gasteiger partial charge in [-0.05, 0) is 0 Å². The highest BCUT2D eigenvalue weighted by atomic mass is 32.2. The highest BCUT2D eigenvalue weighted by Crippen LogP contribution is 2.39. The first-order valence-corrected chi connectivity index (χ1v) is 9.70. The lowest BCUT2D eigenvalue weighted by Crippen LogP contribution is -2.64. The van der Waals surface area contributed by atoms with Gasteiger partial charge in [0.25, 0.3) is 0 Å².